The molecule has 9 heteroatoms. The van der Waals surface area contributed by atoms with Crippen molar-refractivity contribution in [2.24, 2.45) is 5.92 Å². The third-order valence-electron chi connectivity index (χ3n) is 4.00. The maximum atomic E-state index is 12.3. The number of rotatable bonds is 6. The predicted octanol–water partition coefficient (Wildman–Crippen LogP) is 1.45. The second kappa shape index (κ2) is 7.41. The number of benzene rings is 1. The summed E-state index contributed by atoms with van der Waals surface area (Å²) in [5.41, 5.74) is 0.321. The van der Waals surface area contributed by atoms with Crippen LogP contribution in [0.3, 0.4) is 0 Å². The van der Waals surface area contributed by atoms with E-state index in [0.29, 0.717) is 12.0 Å². The Hall–Kier alpha value is -2.12. The Kier molecular flexibility index (Phi) is 5.69. The van der Waals surface area contributed by atoms with Gasteiger partial charge in [0, 0.05) is 23.8 Å². The molecule has 0 spiro atoms. The Morgan fingerprint density at radius 1 is 1.24 bits per heavy atom. The minimum absolute atomic E-state index is 0.000214. The van der Waals surface area contributed by atoms with Crippen LogP contribution in [0.5, 0.6) is 5.75 Å². The number of ketones is 1. The fourth-order valence-corrected chi connectivity index (χ4v) is 3.50. The first-order chi connectivity index (χ1) is 11.6. The number of hydrogen-bond acceptors (Lipinski definition) is 5. The second-order valence-corrected chi connectivity index (χ2v) is 7.12. The van der Waals surface area contributed by atoms with E-state index >= 15 is 0 Å². The van der Waals surface area contributed by atoms with E-state index in [1.807, 2.05) is 5.09 Å². The molecule has 6 N–H and O–H groups in total. The van der Waals surface area contributed by atoms with Gasteiger partial charge in [-0.05, 0) is 24.1 Å². The normalized spacial score (nSPS) is 20.5. The maximum Gasteiger partial charge on any atom is 0.427 e. The fourth-order valence-electron chi connectivity index (χ4n) is 2.96. The van der Waals surface area contributed by atoms with Crippen LogP contribution in [0.25, 0.3) is 0 Å². The lowest BCUT2D eigenvalue weighted by Gasteiger charge is -2.31. The molecule has 0 saturated carbocycles. The number of phenolic OH excluding ortho intramolecular Hbond substituents is 1. The second-order valence-electron chi connectivity index (χ2n) is 5.81. The van der Waals surface area contributed by atoms with Crippen molar-refractivity contribution in [2.75, 3.05) is 0 Å². The lowest BCUT2D eigenvalue weighted by Crippen LogP contribution is -2.39. The van der Waals surface area contributed by atoms with Gasteiger partial charge in [0.1, 0.15) is 11.5 Å². The third kappa shape index (κ3) is 4.70. The molecule has 3 atom stereocenters. The van der Waals surface area contributed by atoms with Gasteiger partial charge in [-0.15, -0.1) is 0 Å². The summed E-state index contributed by atoms with van der Waals surface area (Å²) in [4.78, 5) is 30.5. The zero-order valence-corrected chi connectivity index (χ0v) is 14.3. The summed E-state index contributed by atoms with van der Waals surface area (Å²) in [6.07, 6.45) is 0.985. The summed E-state index contributed by atoms with van der Waals surface area (Å²) >= 11 is 0. The molecular weight excluding hydrogens is 349 g/mol. The topological polar surface area (TPSA) is 147 Å². The minimum Gasteiger partial charge on any atom is -0.508 e. The molecule has 0 aliphatic heterocycles. The van der Waals surface area contributed by atoms with E-state index in [2.05, 4.69) is 0 Å². The summed E-state index contributed by atoms with van der Waals surface area (Å²) in [7, 11) is -4.74. The summed E-state index contributed by atoms with van der Waals surface area (Å²) in [5.74, 6) is -3.00. The Morgan fingerprint density at radius 2 is 1.92 bits per heavy atom. The molecule has 0 aromatic heterocycles. The van der Waals surface area contributed by atoms with Crippen molar-refractivity contribution in [3.05, 3.63) is 53.4 Å². The average Bonchev–Trinajstić information content (AvgIpc) is 2.45. The lowest BCUT2D eigenvalue weighted by molar-refractivity contribution is -0.121. The number of aromatic hydroxyl groups is 1. The molecule has 8 nitrogen and oxygen atoms in total. The molecule has 0 saturated heterocycles. The number of nitrogens with one attached hydrogen (secondary N) is 1. The highest BCUT2D eigenvalue weighted by atomic mass is 31.2. The quantitative estimate of drug-likeness (QED) is 0.413. The molecule has 2 rings (SSSR count). The largest absolute Gasteiger partial charge is 0.508 e. The highest BCUT2D eigenvalue weighted by Gasteiger charge is 2.38. The van der Waals surface area contributed by atoms with Gasteiger partial charge in [0.15, 0.2) is 5.78 Å². The molecule has 25 heavy (non-hydrogen) atoms. The molecule has 1 aliphatic carbocycles. The molecule has 0 fully saturated rings. The number of phenols is 1. The van der Waals surface area contributed by atoms with Crippen molar-refractivity contribution in [3.8, 4) is 5.75 Å². The van der Waals surface area contributed by atoms with Crippen molar-refractivity contribution < 1.29 is 34.5 Å². The van der Waals surface area contributed by atoms with E-state index < -0.39 is 37.2 Å². The van der Waals surface area contributed by atoms with Crippen LogP contribution in [-0.4, -0.2) is 37.0 Å². The average molecular weight is 369 g/mol. The zero-order chi connectivity index (χ0) is 18.8. The van der Waals surface area contributed by atoms with E-state index in [1.54, 1.807) is 19.1 Å². The van der Waals surface area contributed by atoms with Crippen LogP contribution in [0.15, 0.2) is 47.9 Å². The first kappa shape index (κ1) is 19.2. The van der Waals surface area contributed by atoms with Gasteiger partial charge < -0.3 is 25.1 Å². The van der Waals surface area contributed by atoms with Crippen LogP contribution in [0.2, 0.25) is 0 Å². The monoisotopic (exact) mass is 369 g/mol. The van der Waals surface area contributed by atoms with E-state index in [9.17, 15) is 24.7 Å². The van der Waals surface area contributed by atoms with E-state index in [0.717, 1.165) is 12.2 Å². The van der Waals surface area contributed by atoms with Gasteiger partial charge in [0.25, 0.3) is 0 Å². The van der Waals surface area contributed by atoms with E-state index in [1.165, 1.54) is 12.1 Å². The van der Waals surface area contributed by atoms with E-state index in [4.69, 9.17) is 9.79 Å². The molecule has 136 valence electrons. The molecule has 0 heterocycles. The van der Waals surface area contributed by atoms with Crippen molar-refractivity contribution in [1.29, 1.82) is 0 Å². The molecule has 1 aromatic carbocycles. The van der Waals surface area contributed by atoms with Crippen LogP contribution >= 0.6 is 7.75 Å². The van der Waals surface area contributed by atoms with Crippen molar-refractivity contribution in [1.82, 2.24) is 5.09 Å². The van der Waals surface area contributed by atoms with Crippen LogP contribution in [0.4, 0.5) is 0 Å². The zero-order valence-electron chi connectivity index (χ0n) is 13.4. The minimum atomic E-state index is -4.74. The SMILES string of the molecule is CCC(c1cccc(O)c1)C(O)C1C(=O)C=C(O)C=C1NP(=O)(O)O. The van der Waals surface area contributed by atoms with Gasteiger partial charge in [-0.25, -0.2) is 4.57 Å². The third-order valence-corrected chi connectivity index (χ3v) is 4.55. The fraction of sp³-hybridized carbons (Fsp3) is 0.312. The number of aliphatic hydroxyl groups is 2. The van der Waals surface area contributed by atoms with E-state index in [-0.39, 0.29) is 11.4 Å². The number of allylic oxidation sites excluding steroid dienone is 2. The smallest absolute Gasteiger partial charge is 0.427 e. The molecule has 0 radical (unpaired) electrons. The summed E-state index contributed by atoms with van der Waals surface area (Å²) in [5, 5.41) is 31.8. The standard InChI is InChI=1S/C16H20NO7P/c1-2-12(9-4-3-5-10(18)6-9)16(21)15-13(17-25(22,23)24)7-11(19)8-14(15)20/h3-8,12,15-16,18-19,21H,2H2,1H3,(H3,17,22,23,24). The van der Waals surface area contributed by atoms with Crippen molar-refractivity contribution in [3.63, 3.8) is 0 Å². The molecule has 0 amide bonds. The van der Waals surface area contributed by atoms with Gasteiger partial charge in [-0.3, -0.25) is 9.88 Å². The molecule has 1 aromatic rings. The predicted molar refractivity (Wildman–Crippen MR) is 89.6 cm³/mol. The first-order valence-corrected chi connectivity index (χ1v) is 9.20. The molecular formula is C16H20NO7P. The summed E-state index contributed by atoms with van der Waals surface area (Å²) in [6.45, 7) is 1.78. The van der Waals surface area contributed by atoms with Gasteiger partial charge in [0.2, 0.25) is 0 Å². The number of hydrogen-bond donors (Lipinski definition) is 6. The molecule has 0 bridgehead atoms. The summed E-state index contributed by atoms with van der Waals surface area (Å²) in [6, 6.07) is 6.20. The van der Waals surface area contributed by atoms with Gasteiger partial charge in [0.05, 0.1) is 12.0 Å². The molecule has 1 aliphatic rings. The Morgan fingerprint density at radius 3 is 2.48 bits per heavy atom. The highest BCUT2D eigenvalue weighted by Crippen LogP contribution is 2.38. The van der Waals surface area contributed by atoms with Crippen LogP contribution in [-0.2, 0) is 9.36 Å². The van der Waals surface area contributed by atoms with Gasteiger partial charge in [-0.2, -0.15) is 0 Å². The van der Waals surface area contributed by atoms with Crippen molar-refractivity contribution in [2.45, 2.75) is 25.4 Å². The van der Waals surface area contributed by atoms with Gasteiger partial charge >= 0.3 is 7.75 Å². The van der Waals surface area contributed by atoms with Crippen molar-refractivity contribution >= 4 is 13.5 Å². The number of aliphatic hydroxyl groups excluding tert-OH is 2. The van der Waals surface area contributed by atoms with Crippen LogP contribution in [0.1, 0.15) is 24.8 Å². The number of carbonyl (C=O) groups is 1. The van der Waals surface area contributed by atoms with Gasteiger partial charge in [-0.1, -0.05) is 19.1 Å². The maximum absolute atomic E-state index is 12.3. The Bertz CT molecular complexity index is 768. The Labute approximate surface area is 144 Å². The molecule has 3 unspecified atom stereocenters. The van der Waals surface area contributed by atoms with Crippen LogP contribution in [0, 0.1) is 5.92 Å². The van der Waals surface area contributed by atoms with Crippen LogP contribution < -0.4 is 5.09 Å². The number of carbonyl (C=O) groups excluding carboxylic acids is 1. The first-order valence-electron chi connectivity index (χ1n) is 7.59. The lowest BCUT2D eigenvalue weighted by atomic mass is 9.79. The Balaban J connectivity index is 2.39. The highest BCUT2D eigenvalue weighted by molar-refractivity contribution is 7.49. The summed E-state index contributed by atoms with van der Waals surface area (Å²) < 4.78 is 11.3.